The summed E-state index contributed by atoms with van der Waals surface area (Å²) in [5.74, 6) is -0.147. The van der Waals surface area contributed by atoms with Gasteiger partial charge in [0.25, 0.3) is 5.91 Å². The number of aryl methyl sites for hydroxylation is 2. The first-order valence-electron chi connectivity index (χ1n) is 7.37. The molecule has 0 saturated heterocycles. The smallest absolute Gasteiger partial charge is 0.387 e. The molecule has 0 aliphatic heterocycles. The van der Waals surface area contributed by atoms with Crippen LogP contribution in [0.3, 0.4) is 0 Å². The van der Waals surface area contributed by atoms with Crippen molar-refractivity contribution in [2.45, 2.75) is 52.7 Å². The van der Waals surface area contributed by atoms with Crippen molar-refractivity contribution in [2.75, 3.05) is 6.54 Å². The van der Waals surface area contributed by atoms with E-state index in [-0.39, 0.29) is 24.1 Å². The van der Waals surface area contributed by atoms with Crippen molar-refractivity contribution >= 4 is 18.3 Å². The second-order valence-electron chi connectivity index (χ2n) is 5.46. The number of carbonyl (C=O) groups excluding carboxylic acids is 1. The number of nitrogens with one attached hydrogen (secondary N) is 1. The molecule has 0 unspecified atom stereocenters. The number of ether oxygens (including phenoxy) is 1. The Morgan fingerprint density at radius 1 is 1.26 bits per heavy atom. The molecule has 0 aromatic heterocycles. The third-order valence-electron chi connectivity index (χ3n) is 4.05. The molecule has 0 radical (unpaired) electrons. The third-order valence-corrected chi connectivity index (χ3v) is 4.05. The maximum Gasteiger partial charge on any atom is 0.387 e. The number of rotatable bonds is 7. The molecular formula is C16H25ClF2N2O2. The maximum atomic E-state index is 12.4. The zero-order valence-electron chi connectivity index (χ0n) is 13.9. The topological polar surface area (TPSA) is 64.3 Å². The molecule has 4 nitrogen and oxygen atoms in total. The first-order chi connectivity index (χ1) is 10.3. The van der Waals surface area contributed by atoms with Crippen LogP contribution < -0.4 is 15.8 Å². The van der Waals surface area contributed by atoms with Gasteiger partial charge in [-0.05, 0) is 49.9 Å². The van der Waals surface area contributed by atoms with E-state index in [1.165, 1.54) is 0 Å². The van der Waals surface area contributed by atoms with E-state index in [0.717, 1.165) is 12.8 Å². The van der Waals surface area contributed by atoms with Gasteiger partial charge in [-0.3, -0.25) is 4.79 Å². The summed E-state index contributed by atoms with van der Waals surface area (Å²) in [5.41, 5.74) is 6.74. The summed E-state index contributed by atoms with van der Waals surface area (Å²) in [6.07, 6.45) is 1.44. The molecule has 0 fully saturated rings. The number of carbonyl (C=O) groups is 1. The molecule has 3 N–H and O–H groups in total. The summed E-state index contributed by atoms with van der Waals surface area (Å²) in [6.45, 7) is 4.66. The lowest BCUT2D eigenvalue weighted by molar-refractivity contribution is -0.0507. The molecule has 0 spiro atoms. The van der Waals surface area contributed by atoms with Gasteiger partial charge in [-0.25, -0.2) is 0 Å². The first kappa shape index (κ1) is 21.6. The van der Waals surface area contributed by atoms with Crippen LogP contribution in [0.1, 0.15) is 48.2 Å². The number of hydrogen-bond acceptors (Lipinski definition) is 3. The summed E-state index contributed by atoms with van der Waals surface area (Å²) >= 11 is 0. The zero-order valence-corrected chi connectivity index (χ0v) is 14.7. The average Bonchev–Trinajstić information content (AvgIpc) is 2.48. The van der Waals surface area contributed by atoms with E-state index in [2.05, 4.69) is 10.1 Å². The van der Waals surface area contributed by atoms with Crippen LogP contribution in [0.25, 0.3) is 0 Å². The molecule has 23 heavy (non-hydrogen) atoms. The lowest BCUT2D eigenvalue weighted by Crippen LogP contribution is -2.52. The van der Waals surface area contributed by atoms with Gasteiger partial charge < -0.3 is 15.8 Å². The van der Waals surface area contributed by atoms with E-state index < -0.39 is 12.2 Å². The molecule has 0 heterocycles. The van der Waals surface area contributed by atoms with E-state index in [4.69, 9.17) is 5.73 Å². The maximum absolute atomic E-state index is 12.4. The number of halogens is 3. The lowest BCUT2D eigenvalue weighted by atomic mass is 9.92. The largest absolute Gasteiger partial charge is 0.434 e. The van der Waals surface area contributed by atoms with E-state index in [1.54, 1.807) is 26.0 Å². The molecule has 7 heteroatoms. The molecule has 1 aromatic carbocycles. The lowest BCUT2D eigenvalue weighted by Gasteiger charge is -2.31. The molecule has 1 rings (SSSR count). The highest BCUT2D eigenvalue weighted by molar-refractivity contribution is 5.95. The highest BCUT2D eigenvalue weighted by Gasteiger charge is 2.27. The number of nitrogens with two attached hydrogens (primary N) is 1. The van der Waals surface area contributed by atoms with Crippen LogP contribution in [0, 0.1) is 13.8 Å². The second kappa shape index (κ2) is 9.03. The van der Waals surface area contributed by atoms with Crippen LogP contribution >= 0.6 is 12.4 Å². The van der Waals surface area contributed by atoms with Gasteiger partial charge in [-0.1, -0.05) is 13.8 Å². The third kappa shape index (κ3) is 5.32. The average molecular weight is 351 g/mol. The summed E-state index contributed by atoms with van der Waals surface area (Å²) in [4.78, 5) is 12.4. The number of amides is 1. The molecule has 0 aliphatic rings. The summed E-state index contributed by atoms with van der Waals surface area (Å²) < 4.78 is 29.3. The van der Waals surface area contributed by atoms with E-state index in [9.17, 15) is 13.6 Å². The molecule has 132 valence electrons. The SMILES string of the molecule is CCC(CC)(CN)NC(=O)c1cc(C)c(OC(F)F)c(C)c1.Cl. The number of alkyl halides is 2. The van der Waals surface area contributed by atoms with Crippen molar-refractivity contribution in [1.82, 2.24) is 5.32 Å². The summed E-state index contributed by atoms with van der Waals surface area (Å²) in [5, 5.41) is 2.96. The minimum absolute atomic E-state index is 0. The van der Waals surface area contributed by atoms with Gasteiger partial charge in [0.1, 0.15) is 5.75 Å². The Balaban J connectivity index is 0.00000484. The first-order valence-corrected chi connectivity index (χ1v) is 7.37. The Hall–Kier alpha value is -1.40. The molecular weight excluding hydrogens is 326 g/mol. The monoisotopic (exact) mass is 350 g/mol. The van der Waals surface area contributed by atoms with Gasteiger partial charge in [-0.2, -0.15) is 8.78 Å². The van der Waals surface area contributed by atoms with E-state index in [1.807, 2.05) is 13.8 Å². The van der Waals surface area contributed by atoms with Gasteiger partial charge in [0, 0.05) is 12.1 Å². The molecule has 0 bridgehead atoms. The Morgan fingerprint density at radius 2 is 1.74 bits per heavy atom. The second-order valence-corrected chi connectivity index (χ2v) is 5.46. The van der Waals surface area contributed by atoms with Crippen LogP contribution in [0.2, 0.25) is 0 Å². The fourth-order valence-corrected chi connectivity index (χ4v) is 2.44. The Labute approximate surface area is 142 Å². The minimum atomic E-state index is -2.89. The molecule has 1 amide bonds. The van der Waals surface area contributed by atoms with Gasteiger partial charge in [0.15, 0.2) is 0 Å². The van der Waals surface area contributed by atoms with Gasteiger partial charge in [0.2, 0.25) is 0 Å². The molecule has 0 atom stereocenters. The summed E-state index contributed by atoms with van der Waals surface area (Å²) in [7, 11) is 0. The number of benzene rings is 1. The summed E-state index contributed by atoms with van der Waals surface area (Å²) in [6, 6.07) is 3.10. The van der Waals surface area contributed by atoms with Crippen molar-refractivity contribution in [2.24, 2.45) is 5.73 Å². The van der Waals surface area contributed by atoms with E-state index in [0.29, 0.717) is 23.2 Å². The quantitative estimate of drug-likeness (QED) is 0.790. The van der Waals surface area contributed by atoms with Crippen LogP contribution in [0.5, 0.6) is 5.75 Å². The predicted molar refractivity (Wildman–Crippen MR) is 89.6 cm³/mol. The van der Waals surface area contributed by atoms with Crippen LogP contribution in [-0.4, -0.2) is 24.6 Å². The van der Waals surface area contributed by atoms with Gasteiger partial charge in [-0.15, -0.1) is 12.4 Å². The molecule has 0 aliphatic carbocycles. The highest BCUT2D eigenvalue weighted by Crippen LogP contribution is 2.27. The Bertz CT molecular complexity index is 504. The van der Waals surface area contributed by atoms with Crippen molar-refractivity contribution in [3.05, 3.63) is 28.8 Å². The van der Waals surface area contributed by atoms with E-state index >= 15 is 0 Å². The van der Waals surface area contributed by atoms with Gasteiger partial charge in [0.05, 0.1) is 5.54 Å². The van der Waals surface area contributed by atoms with Crippen molar-refractivity contribution in [3.63, 3.8) is 0 Å². The van der Waals surface area contributed by atoms with Gasteiger partial charge >= 0.3 is 6.61 Å². The molecule has 1 aromatic rings. The fourth-order valence-electron chi connectivity index (χ4n) is 2.44. The predicted octanol–water partition coefficient (Wildman–Crippen LogP) is 3.57. The Morgan fingerprint density at radius 3 is 2.09 bits per heavy atom. The van der Waals surface area contributed by atoms with Crippen LogP contribution in [0.15, 0.2) is 12.1 Å². The van der Waals surface area contributed by atoms with Crippen LogP contribution in [-0.2, 0) is 0 Å². The van der Waals surface area contributed by atoms with Crippen LogP contribution in [0.4, 0.5) is 8.78 Å². The minimum Gasteiger partial charge on any atom is -0.434 e. The Kier molecular flexibility index (Phi) is 8.48. The highest BCUT2D eigenvalue weighted by atomic mass is 35.5. The number of hydrogen-bond donors (Lipinski definition) is 2. The van der Waals surface area contributed by atoms with Crippen molar-refractivity contribution in [3.8, 4) is 5.75 Å². The fraction of sp³-hybridized carbons (Fsp3) is 0.562. The zero-order chi connectivity index (χ0) is 16.9. The normalized spacial score (nSPS) is 11.1. The molecule has 0 saturated carbocycles. The standard InChI is InChI=1S/C16H24F2N2O2.ClH/c1-5-16(6-2,9-19)20-14(21)12-7-10(3)13(11(4)8-12)22-15(17)18;/h7-8,15H,5-6,9,19H2,1-4H3,(H,20,21);1H. The van der Waals surface area contributed by atoms with Crippen molar-refractivity contribution in [1.29, 1.82) is 0 Å². The van der Waals surface area contributed by atoms with Crippen molar-refractivity contribution < 1.29 is 18.3 Å².